The van der Waals surface area contributed by atoms with Crippen molar-refractivity contribution in [2.45, 2.75) is 43.4 Å². The Balaban J connectivity index is 1.53. The van der Waals surface area contributed by atoms with Crippen LogP contribution in [-0.4, -0.2) is 50.1 Å². The van der Waals surface area contributed by atoms with Gasteiger partial charge in [-0.25, -0.2) is 13.1 Å². The highest BCUT2D eigenvalue weighted by Gasteiger charge is 2.21. The Morgan fingerprint density at radius 3 is 2.25 bits per heavy atom. The van der Waals surface area contributed by atoms with E-state index in [0.717, 1.165) is 37.4 Å². The molecule has 1 saturated carbocycles. The molecule has 2 aromatic rings. The summed E-state index contributed by atoms with van der Waals surface area (Å²) in [5.74, 6) is -2.26. The smallest absolute Gasteiger partial charge is 0.276 e. The number of carbonyl (C=O) groups excluding carboxylic acids is 4. The van der Waals surface area contributed by atoms with Crippen LogP contribution < -0.4 is 21.1 Å². The molecule has 1 aromatic carbocycles. The number of hydrogen-bond acceptors (Lipinski definition) is 8. The Labute approximate surface area is 209 Å². The number of rotatable bonds is 9. The summed E-state index contributed by atoms with van der Waals surface area (Å²) in [5, 5.41) is 4.96. The SMILES string of the molecule is NCC(=O)NC(=O)c1ccc(C(=O)NS(=O)(=O)c2ccc(CCNC(=O)C3CCCCC3)cc2)cn1. The molecule has 1 aromatic heterocycles. The Kier molecular flexibility index (Phi) is 9.25. The van der Waals surface area contributed by atoms with Crippen LogP contribution in [0.15, 0.2) is 47.5 Å². The molecule has 11 nitrogen and oxygen atoms in total. The minimum atomic E-state index is -4.15. The molecule has 0 saturated heterocycles. The quantitative estimate of drug-likeness (QED) is 0.376. The van der Waals surface area contributed by atoms with Crippen molar-refractivity contribution in [1.29, 1.82) is 0 Å². The van der Waals surface area contributed by atoms with E-state index in [2.05, 4.69) is 10.3 Å². The minimum absolute atomic E-state index is 0.0730. The summed E-state index contributed by atoms with van der Waals surface area (Å²) in [7, 11) is -4.15. The first-order valence-corrected chi connectivity index (χ1v) is 13.1. The summed E-state index contributed by atoms with van der Waals surface area (Å²) >= 11 is 0. The number of imide groups is 1. The summed E-state index contributed by atoms with van der Waals surface area (Å²) in [5.41, 5.74) is 5.74. The van der Waals surface area contributed by atoms with E-state index in [-0.39, 0.29) is 34.5 Å². The number of aromatic nitrogens is 1. The molecule has 36 heavy (non-hydrogen) atoms. The summed E-state index contributed by atoms with van der Waals surface area (Å²) in [6.07, 6.45) is 6.78. The number of nitrogens with one attached hydrogen (secondary N) is 3. The van der Waals surface area contributed by atoms with Gasteiger partial charge in [0.2, 0.25) is 11.8 Å². The molecule has 1 heterocycles. The number of amides is 4. The second-order valence-electron chi connectivity index (χ2n) is 8.47. The van der Waals surface area contributed by atoms with Crippen molar-refractivity contribution in [2.24, 2.45) is 11.7 Å². The third-order valence-corrected chi connectivity index (χ3v) is 7.19. The average Bonchev–Trinajstić information content (AvgIpc) is 2.89. The van der Waals surface area contributed by atoms with Crippen LogP contribution in [0.25, 0.3) is 0 Å². The molecule has 0 atom stereocenters. The van der Waals surface area contributed by atoms with Gasteiger partial charge >= 0.3 is 0 Å². The van der Waals surface area contributed by atoms with Crippen LogP contribution in [0.2, 0.25) is 0 Å². The maximum Gasteiger partial charge on any atom is 0.276 e. The van der Waals surface area contributed by atoms with Gasteiger partial charge in [-0.2, -0.15) is 0 Å². The van der Waals surface area contributed by atoms with Gasteiger partial charge in [-0.05, 0) is 49.1 Å². The second-order valence-corrected chi connectivity index (χ2v) is 10.2. The van der Waals surface area contributed by atoms with E-state index in [1.807, 2.05) is 10.0 Å². The Morgan fingerprint density at radius 2 is 1.64 bits per heavy atom. The van der Waals surface area contributed by atoms with Crippen LogP contribution in [-0.2, 0) is 26.0 Å². The molecule has 1 aliphatic rings. The number of benzene rings is 1. The standard InChI is InChI=1S/C24H29N5O6S/c25-14-21(30)28-24(33)20-11-8-18(15-27-20)23(32)29-36(34,35)19-9-6-16(7-10-19)12-13-26-22(31)17-4-2-1-3-5-17/h6-11,15,17H,1-5,12-14,25H2,(H,26,31)(H,29,32)(H,28,30,33). The van der Waals surface area contributed by atoms with E-state index in [1.165, 1.54) is 30.7 Å². The van der Waals surface area contributed by atoms with E-state index in [1.54, 1.807) is 12.1 Å². The molecule has 4 amide bonds. The molecule has 0 spiro atoms. The van der Waals surface area contributed by atoms with Crippen LogP contribution in [0.1, 0.15) is 58.5 Å². The van der Waals surface area contributed by atoms with Crippen molar-refractivity contribution >= 4 is 33.7 Å². The van der Waals surface area contributed by atoms with Gasteiger partial charge in [0.25, 0.3) is 21.8 Å². The van der Waals surface area contributed by atoms with Gasteiger partial charge in [0, 0.05) is 18.7 Å². The fourth-order valence-electron chi connectivity index (χ4n) is 3.82. The molecule has 3 rings (SSSR count). The largest absolute Gasteiger partial charge is 0.356 e. The number of nitrogens with two attached hydrogens (primary N) is 1. The van der Waals surface area contributed by atoms with Gasteiger partial charge < -0.3 is 11.1 Å². The van der Waals surface area contributed by atoms with Crippen LogP contribution in [0.5, 0.6) is 0 Å². The summed E-state index contributed by atoms with van der Waals surface area (Å²) in [4.78, 5) is 51.3. The van der Waals surface area contributed by atoms with Crippen LogP contribution in [0.3, 0.4) is 0 Å². The predicted octanol–water partition coefficient (Wildman–Crippen LogP) is 0.654. The van der Waals surface area contributed by atoms with E-state index in [9.17, 15) is 27.6 Å². The first-order valence-electron chi connectivity index (χ1n) is 11.6. The zero-order valence-electron chi connectivity index (χ0n) is 19.7. The maximum absolute atomic E-state index is 12.6. The summed E-state index contributed by atoms with van der Waals surface area (Å²) in [6, 6.07) is 8.42. The van der Waals surface area contributed by atoms with Crippen LogP contribution in [0, 0.1) is 5.92 Å². The third kappa shape index (κ3) is 7.43. The molecule has 0 radical (unpaired) electrons. The zero-order valence-corrected chi connectivity index (χ0v) is 20.5. The lowest BCUT2D eigenvalue weighted by molar-refractivity contribution is -0.125. The van der Waals surface area contributed by atoms with Crippen molar-refractivity contribution in [2.75, 3.05) is 13.1 Å². The van der Waals surface area contributed by atoms with Crippen molar-refractivity contribution in [3.05, 3.63) is 59.4 Å². The fraction of sp³-hybridized carbons (Fsp3) is 0.375. The van der Waals surface area contributed by atoms with Gasteiger partial charge in [-0.1, -0.05) is 31.4 Å². The van der Waals surface area contributed by atoms with Crippen LogP contribution >= 0.6 is 0 Å². The first kappa shape index (κ1) is 27.0. The van der Waals surface area contributed by atoms with E-state index >= 15 is 0 Å². The highest BCUT2D eigenvalue weighted by atomic mass is 32.2. The lowest BCUT2D eigenvalue weighted by Gasteiger charge is -2.20. The highest BCUT2D eigenvalue weighted by molar-refractivity contribution is 7.90. The lowest BCUT2D eigenvalue weighted by Crippen LogP contribution is -2.36. The van der Waals surface area contributed by atoms with E-state index in [0.29, 0.717) is 13.0 Å². The summed E-state index contributed by atoms with van der Waals surface area (Å²) in [6.45, 7) is 0.0849. The van der Waals surface area contributed by atoms with Crippen molar-refractivity contribution in [3.63, 3.8) is 0 Å². The molecule has 5 N–H and O–H groups in total. The van der Waals surface area contributed by atoms with Crippen LogP contribution in [0.4, 0.5) is 0 Å². The normalized spacial score (nSPS) is 14.0. The van der Waals surface area contributed by atoms with Gasteiger partial charge in [0.1, 0.15) is 5.69 Å². The van der Waals surface area contributed by atoms with Crippen molar-refractivity contribution < 1.29 is 27.6 Å². The number of carbonyl (C=O) groups is 4. The predicted molar refractivity (Wildman–Crippen MR) is 130 cm³/mol. The third-order valence-electron chi connectivity index (χ3n) is 5.85. The number of sulfonamides is 1. The first-order chi connectivity index (χ1) is 17.2. The molecule has 0 bridgehead atoms. The Bertz CT molecular complexity index is 1210. The maximum atomic E-state index is 12.6. The highest BCUT2D eigenvalue weighted by Crippen LogP contribution is 2.23. The monoisotopic (exact) mass is 515 g/mol. The number of nitrogens with zero attached hydrogens (tertiary/aromatic N) is 1. The number of hydrogen-bond donors (Lipinski definition) is 4. The average molecular weight is 516 g/mol. The van der Waals surface area contributed by atoms with Gasteiger partial charge in [-0.3, -0.25) is 29.5 Å². The molecule has 1 aliphatic carbocycles. The van der Waals surface area contributed by atoms with Gasteiger partial charge in [-0.15, -0.1) is 0 Å². The van der Waals surface area contributed by atoms with E-state index < -0.39 is 27.7 Å². The Hall–Kier alpha value is -3.64. The minimum Gasteiger partial charge on any atom is -0.356 e. The molecule has 0 aliphatic heterocycles. The van der Waals surface area contributed by atoms with Crippen molar-refractivity contribution in [3.8, 4) is 0 Å². The van der Waals surface area contributed by atoms with Gasteiger partial charge in [0.05, 0.1) is 17.0 Å². The number of pyridine rings is 1. The molecular formula is C24H29N5O6S. The fourth-order valence-corrected chi connectivity index (χ4v) is 4.79. The molecule has 0 unspecified atom stereocenters. The molecule has 192 valence electrons. The van der Waals surface area contributed by atoms with Gasteiger partial charge in [0.15, 0.2) is 0 Å². The lowest BCUT2D eigenvalue weighted by atomic mass is 9.88. The zero-order chi connectivity index (χ0) is 26.1. The Morgan fingerprint density at radius 1 is 0.944 bits per heavy atom. The molecule has 12 heteroatoms. The second kappa shape index (κ2) is 12.4. The van der Waals surface area contributed by atoms with Crippen molar-refractivity contribution in [1.82, 2.24) is 20.3 Å². The van der Waals surface area contributed by atoms with E-state index in [4.69, 9.17) is 5.73 Å². The summed E-state index contributed by atoms with van der Waals surface area (Å²) < 4.78 is 27.2. The molecule has 1 fully saturated rings. The molecular weight excluding hydrogens is 486 g/mol. The topological polar surface area (TPSA) is 177 Å².